The van der Waals surface area contributed by atoms with E-state index in [1.807, 2.05) is 41.8 Å². The van der Waals surface area contributed by atoms with Crippen molar-refractivity contribution in [1.29, 1.82) is 0 Å². The van der Waals surface area contributed by atoms with Crippen LogP contribution >= 0.6 is 0 Å². The molecule has 1 aliphatic rings. The molecule has 0 bridgehead atoms. The minimum absolute atomic E-state index is 0.154. The maximum atomic E-state index is 13.4. The Balaban J connectivity index is 1.57. The van der Waals surface area contributed by atoms with E-state index in [1.54, 1.807) is 31.2 Å². The quantitative estimate of drug-likeness (QED) is 0.432. The van der Waals surface area contributed by atoms with Crippen molar-refractivity contribution in [3.63, 3.8) is 0 Å². The Labute approximate surface area is 223 Å². The largest absolute Gasteiger partial charge is 0.373 e. The van der Waals surface area contributed by atoms with E-state index in [2.05, 4.69) is 10.6 Å². The summed E-state index contributed by atoms with van der Waals surface area (Å²) >= 11 is 0. The van der Waals surface area contributed by atoms with Gasteiger partial charge in [-0.05, 0) is 42.7 Å². The fourth-order valence-electron chi connectivity index (χ4n) is 4.56. The molecule has 10 heteroatoms. The summed E-state index contributed by atoms with van der Waals surface area (Å²) < 4.78 is 33.7. The minimum atomic E-state index is -3.61. The third kappa shape index (κ3) is 5.67. The van der Waals surface area contributed by atoms with Crippen molar-refractivity contribution < 1.29 is 22.7 Å². The maximum Gasteiger partial charge on any atom is 0.268 e. The normalized spacial score (nSPS) is 15.0. The Hall–Kier alpha value is -3.47. The van der Waals surface area contributed by atoms with E-state index >= 15 is 0 Å². The van der Waals surface area contributed by atoms with E-state index in [4.69, 9.17) is 4.74 Å². The molecule has 0 radical (unpaired) electrons. The lowest BCUT2D eigenvalue weighted by Gasteiger charge is -2.21. The van der Waals surface area contributed by atoms with Crippen molar-refractivity contribution in [3.8, 4) is 0 Å². The van der Waals surface area contributed by atoms with Crippen LogP contribution in [0.15, 0.2) is 65.6 Å². The lowest BCUT2D eigenvalue weighted by atomic mass is 10.0. The van der Waals surface area contributed by atoms with Gasteiger partial charge < -0.3 is 19.9 Å². The van der Waals surface area contributed by atoms with Crippen molar-refractivity contribution in [2.45, 2.75) is 50.4 Å². The number of amides is 2. The van der Waals surface area contributed by atoms with Gasteiger partial charge in [0.15, 0.2) is 0 Å². The molecule has 0 spiro atoms. The van der Waals surface area contributed by atoms with Crippen LogP contribution in [0.4, 0.5) is 0 Å². The molecule has 3 aromatic rings. The second kappa shape index (κ2) is 11.5. The molecule has 0 fully saturated rings. The molecular weight excluding hydrogens is 504 g/mol. The van der Waals surface area contributed by atoms with E-state index in [0.29, 0.717) is 35.7 Å². The minimum Gasteiger partial charge on any atom is -0.373 e. The van der Waals surface area contributed by atoms with Crippen LogP contribution in [-0.4, -0.2) is 49.8 Å². The molecular formula is C28H34N4O5S. The Kier molecular flexibility index (Phi) is 8.35. The number of hydrogen-bond acceptors (Lipinski definition) is 5. The summed E-state index contributed by atoms with van der Waals surface area (Å²) in [4.78, 5) is 26.9. The molecule has 2 aromatic carbocycles. The second-order valence-electron chi connectivity index (χ2n) is 9.49. The topological polar surface area (TPSA) is 110 Å². The monoisotopic (exact) mass is 538 g/mol. The van der Waals surface area contributed by atoms with Crippen molar-refractivity contribution in [2.24, 2.45) is 0 Å². The van der Waals surface area contributed by atoms with Crippen molar-refractivity contribution in [1.82, 2.24) is 19.5 Å². The average Bonchev–Trinajstić information content (AvgIpc) is 3.32. The second-order valence-corrected chi connectivity index (χ2v) is 11.6. The fourth-order valence-corrected chi connectivity index (χ4v) is 5.52. The molecule has 1 unspecified atom stereocenters. The zero-order valence-corrected chi connectivity index (χ0v) is 22.9. The standard InChI is InChI=1S/C28H34N4O5S/c1-5-24(20-10-7-6-8-11-20)30-27(33)23-17-25(32-14-15-37-18-26(23)32)28(34)29-19(2)21-12-9-13-22(16-21)38(35,36)31(3)4/h6-13,16-17,19,24H,5,14-15,18H2,1-4H3,(H,29,34)(H,30,33)/t19?,24-/m1/s1. The van der Waals surface area contributed by atoms with Crippen molar-refractivity contribution in [2.75, 3.05) is 20.7 Å². The highest BCUT2D eigenvalue weighted by atomic mass is 32.2. The predicted octanol–water partition coefficient (Wildman–Crippen LogP) is 3.64. The first-order valence-corrected chi connectivity index (χ1v) is 14.1. The highest BCUT2D eigenvalue weighted by Crippen LogP contribution is 2.25. The van der Waals surface area contributed by atoms with Crippen molar-refractivity contribution >= 4 is 21.8 Å². The zero-order chi connectivity index (χ0) is 27.4. The van der Waals surface area contributed by atoms with Crippen LogP contribution in [0.2, 0.25) is 0 Å². The van der Waals surface area contributed by atoms with Crippen LogP contribution in [0.25, 0.3) is 0 Å². The number of fused-ring (bicyclic) bond motifs is 1. The van der Waals surface area contributed by atoms with E-state index in [0.717, 1.165) is 16.3 Å². The molecule has 2 N–H and O–H groups in total. The summed E-state index contributed by atoms with van der Waals surface area (Å²) in [5.41, 5.74) is 3.11. The molecule has 0 saturated heterocycles. The van der Waals surface area contributed by atoms with E-state index in [-0.39, 0.29) is 29.4 Å². The number of carbonyl (C=O) groups is 2. The van der Waals surface area contributed by atoms with Gasteiger partial charge in [-0.15, -0.1) is 0 Å². The Morgan fingerprint density at radius 2 is 1.71 bits per heavy atom. The molecule has 4 rings (SSSR count). The first-order chi connectivity index (χ1) is 18.1. The molecule has 2 heterocycles. The van der Waals surface area contributed by atoms with Gasteiger partial charge in [0.1, 0.15) is 5.69 Å². The molecule has 1 aliphatic heterocycles. The Morgan fingerprint density at radius 1 is 1.00 bits per heavy atom. The lowest BCUT2D eigenvalue weighted by molar-refractivity contribution is 0.0774. The van der Waals surface area contributed by atoms with Crippen molar-refractivity contribution in [3.05, 3.63) is 88.7 Å². The number of carbonyl (C=O) groups excluding carboxylic acids is 2. The third-order valence-electron chi connectivity index (χ3n) is 6.78. The lowest BCUT2D eigenvalue weighted by Crippen LogP contribution is -2.31. The molecule has 0 aliphatic carbocycles. The summed E-state index contributed by atoms with van der Waals surface area (Å²) in [6.07, 6.45) is 0.718. The van der Waals surface area contributed by atoms with Crippen LogP contribution in [0, 0.1) is 0 Å². The van der Waals surface area contributed by atoms with Gasteiger partial charge in [-0.1, -0.05) is 49.4 Å². The molecule has 1 aromatic heterocycles. The summed E-state index contributed by atoms with van der Waals surface area (Å²) in [6.45, 7) is 4.92. The first kappa shape index (κ1) is 27.6. The maximum absolute atomic E-state index is 13.4. The molecule has 38 heavy (non-hydrogen) atoms. The summed E-state index contributed by atoms with van der Waals surface area (Å²) in [6, 6.07) is 17.3. The predicted molar refractivity (Wildman–Crippen MR) is 144 cm³/mol. The van der Waals surface area contributed by atoms with Gasteiger partial charge in [-0.2, -0.15) is 0 Å². The molecule has 2 amide bonds. The van der Waals surface area contributed by atoms with Gasteiger partial charge in [0.05, 0.1) is 41.5 Å². The molecule has 2 atom stereocenters. The van der Waals surface area contributed by atoms with Gasteiger partial charge in [0, 0.05) is 20.6 Å². The summed E-state index contributed by atoms with van der Waals surface area (Å²) in [7, 11) is -0.656. The smallest absolute Gasteiger partial charge is 0.268 e. The van der Waals surface area contributed by atoms with Gasteiger partial charge in [0.25, 0.3) is 11.8 Å². The molecule has 202 valence electrons. The van der Waals surface area contributed by atoms with Gasteiger partial charge in [-0.3, -0.25) is 9.59 Å². The fraction of sp³-hybridized carbons (Fsp3) is 0.357. The first-order valence-electron chi connectivity index (χ1n) is 12.6. The molecule has 9 nitrogen and oxygen atoms in total. The van der Waals surface area contributed by atoms with E-state index < -0.39 is 16.1 Å². The Bertz CT molecular complexity index is 1420. The number of sulfonamides is 1. The van der Waals surface area contributed by atoms with Gasteiger partial charge in [0.2, 0.25) is 10.0 Å². The number of ether oxygens (including phenoxy) is 1. The van der Waals surface area contributed by atoms with Crippen LogP contribution in [-0.2, 0) is 27.9 Å². The number of aromatic nitrogens is 1. The number of nitrogens with one attached hydrogen (secondary N) is 2. The Morgan fingerprint density at radius 3 is 2.39 bits per heavy atom. The number of nitrogens with zero attached hydrogens (tertiary/aromatic N) is 2. The average molecular weight is 539 g/mol. The molecule has 0 saturated carbocycles. The van der Waals surface area contributed by atoms with E-state index in [9.17, 15) is 18.0 Å². The van der Waals surface area contributed by atoms with E-state index in [1.165, 1.54) is 20.2 Å². The number of rotatable bonds is 9. The number of benzene rings is 2. The summed E-state index contributed by atoms with van der Waals surface area (Å²) in [5.74, 6) is -0.612. The zero-order valence-electron chi connectivity index (χ0n) is 22.1. The van der Waals surface area contributed by atoms with Crippen LogP contribution in [0.3, 0.4) is 0 Å². The van der Waals surface area contributed by atoms with Crippen LogP contribution in [0.1, 0.15) is 70.0 Å². The van der Waals surface area contributed by atoms with Crippen LogP contribution in [0.5, 0.6) is 0 Å². The van der Waals surface area contributed by atoms with Gasteiger partial charge >= 0.3 is 0 Å². The third-order valence-corrected chi connectivity index (χ3v) is 8.59. The summed E-state index contributed by atoms with van der Waals surface area (Å²) in [5, 5.41) is 6.06. The van der Waals surface area contributed by atoms with Gasteiger partial charge in [-0.25, -0.2) is 12.7 Å². The SMILES string of the molecule is CC[C@@H](NC(=O)c1cc(C(=O)NC(C)c2cccc(S(=O)(=O)N(C)C)c2)n2c1COCC2)c1ccccc1. The highest BCUT2D eigenvalue weighted by Gasteiger charge is 2.28. The van der Waals surface area contributed by atoms with Crippen LogP contribution < -0.4 is 10.6 Å². The highest BCUT2D eigenvalue weighted by molar-refractivity contribution is 7.89. The number of hydrogen-bond donors (Lipinski definition) is 2.